The SMILES string of the molecule is CCc1ccc(C=NN=Cc2ccc(C#N)c(F)c2)cc1. The molecule has 0 bridgehead atoms. The lowest BCUT2D eigenvalue weighted by Crippen LogP contribution is -1.87. The Morgan fingerprint density at radius 2 is 1.67 bits per heavy atom. The molecule has 0 atom stereocenters. The van der Waals surface area contributed by atoms with Crippen molar-refractivity contribution in [2.24, 2.45) is 10.2 Å². The highest BCUT2D eigenvalue weighted by atomic mass is 19.1. The van der Waals surface area contributed by atoms with Crippen molar-refractivity contribution >= 4 is 12.4 Å². The molecule has 0 amide bonds. The predicted octanol–water partition coefficient (Wildman–Crippen LogP) is 3.71. The van der Waals surface area contributed by atoms with E-state index in [-0.39, 0.29) is 5.56 Å². The average molecular weight is 279 g/mol. The highest BCUT2D eigenvalue weighted by molar-refractivity contribution is 5.82. The standard InChI is InChI=1S/C17H14FN3/c1-2-13-3-5-14(6-4-13)11-20-21-12-15-7-8-16(10-19)17(18)9-15/h3-9,11-12H,2H2,1H3. The molecule has 0 aliphatic carbocycles. The van der Waals surface area contributed by atoms with Gasteiger partial charge in [-0.25, -0.2) is 4.39 Å². The highest BCUT2D eigenvalue weighted by Gasteiger charge is 2.00. The van der Waals surface area contributed by atoms with Gasteiger partial charge in [0.05, 0.1) is 18.0 Å². The van der Waals surface area contributed by atoms with E-state index >= 15 is 0 Å². The van der Waals surface area contributed by atoms with Crippen LogP contribution < -0.4 is 0 Å². The van der Waals surface area contributed by atoms with Crippen molar-refractivity contribution in [3.63, 3.8) is 0 Å². The van der Waals surface area contributed by atoms with Gasteiger partial charge in [0.25, 0.3) is 0 Å². The molecule has 0 aliphatic rings. The van der Waals surface area contributed by atoms with Crippen LogP contribution in [0.5, 0.6) is 0 Å². The van der Waals surface area contributed by atoms with Gasteiger partial charge in [-0.2, -0.15) is 15.5 Å². The Kier molecular flexibility index (Phi) is 4.94. The first-order valence-corrected chi connectivity index (χ1v) is 6.58. The van der Waals surface area contributed by atoms with E-state index in [0.29, 0.717) is 5.56 Å². The molecule has 21 heavy (non-hydrogen) atoms. The number of nitriles is 1. The van der Waals surface area contributed by atoms with Gasteiger partial charge in [-0.15, -0.1) is 0 Å². The Morgan fingerprint density at radius 1 is 1.05 bits per heavy atom. The van der Waals surface area contributed by atoms with Crippen molar-refractivity contribution in [2.45, 2.75) is 13.3 Å². The van der Waals surface area contributed by atoms with Crippen LogP contribution in [0.25, 0.3) is 0 Å². The van der Waals surface area contributed by atoms with Crippen LogP contribution >= 0.6 is 0 Å². The molecular formula is C17H14FN3. The van der Waals surface area contributed by atoms with Crippen LogP contribution in [0.1, 0.15) is 29.2 Å². The minimum atomic E-state index is -0.555. The van der Waals surface area contributed by atoms with Crippen molar-refractivity contribution in [3.05, 3.63) is 70.5 Å². The maximum Gasteiger partial charge on any atom is 0.141 e. The molecule has 2 aromatic rings. The molecule has 0 heterocycles. The van der Waals surface area contributed by atoms with Gasteiger partial charge < -0.3 is 0 Å². The number of halogens is 1. The number of benzene rings is 2. The summed E-state index contributed by atoms with van der Waals surface area (Å²) < 4.78 is 13.4. The molecule has 0 saturated carbocycles. The second kappa shape index (κ2) is 7.11. The van der Waals surface area contributed by atoms with Crippen LogP contribution in [-0.2, 0) is 6.42 Å². The summed E-state index contributed by atoms with van der Waals surface area (Å²) >= 11 is 0. The number of aryl methyl sites for hydroxylation is 1. The molecule has 0 fully saturated rings. The Hall–Kier alpha value is -2.80. The minimum Gasteiger partial charge on any atom is -0.206 e. The third-order valence-corrected chi connectivity index (χ3v) is 2.98. The molecule has 4 heteroatoms. The van der Waals surface area contributed by atoms with E-state index in [4.69, 9.17) is 5.26 Å². The summed E-state index contributed by atoms with van der Waals surface area (Å²) in [6.07, 6.45) is 4.08. The van der Waals surface area contributed by atoms with Crippen molar-refractivity contribution in [2.75, 3.05) is 0 Å². The summed E-state index contributed by atoms with van der Waals surface area (Å²) in [5, 5.41) is 16.4. The summed E-state index contributed by atoms with van der Waals surface area (Å²) in [4.78, 5) is 0. The van der Waals surface area contributed by atoms with E-state index < -0.39 is 5.82 Å². The van der Waals surface area contributed by atoms with Crippen LogP contribution in [0.3, 0.4) is 0 Å². The monoisotopic (exact) mass is 279 g/mol. The zero-order valence-electron chi connectivity index (χ0n) is 11.6. The van der Waals surface area contributed by atoms with Gasteiger partial charge in [-0.3, -0.25) is 0 Å². The Balaban J connectivity index is 2.02. The molecular weight excluding hydrogens is 265 g/mol. The van der Waals surface area contributed by atoms with Gasteiger partial charge in [0.15, 0.2) is 0 Å². The number of hydrogen-bond acceptors (Lipinski definition) is 3. The summed E-state index contributed by atoms with van der Waals surface area (Å²) in [7, 11) is 0. The van der Waals surface area contributed by atoms with E-state index in [1.54, 1.807) is 18.4 Å². The van der Waals surface area contributed by atoms with Gasteiger partial charge in [0.2, 0.25) is 0 Å². The van der Waals surface area contributed by atoms with Gasteiger partial charge in [-0.1, -0.05) is 37.3 Å². The molecule has 2 rings (SSSR count). The zero-order valence-corrected chi connectivity index (χ0v) is 11.6. The third kappa shape index (κ3) is 4.08. The third-order valence-electron chi connectivity index (χ3n) is 2.98. The topological polar surface area (TPSA) is 48.5 Å². The summed E-state index contributed by atoms with van der Waals surface area (Å²) in [6, 6.07) is 14.1. The van der Waals surface area contributed by atoms with Crippen LogP contribution in [0.15, 0.2) is 52.7 Å². The molecule has 104 valence electrons. The van der Waals surface area contributed by atoms with Gasteiger partial charge >= 0.3 is 0 Å². The van der Waals surface area contributed by atoms with Crippen molar-refractivity contribution in [3.8, 4) is 6.07 Å². The fourth-order valence-electron chi connectivity index (χ4n) is 1.74. The number of hydrogen-bond donors (Lipinski definition) is 0. The van der Waals surface area contributed by atoms with Crippen LogP contribution in [-0.4, -0.2) is 12.4 Å². The van der Waals surface area contributed by atoms with Crippen LogP contribution in [0, 0.1) is 17.1 Å². The second-order valence-electron chi connectivity index (χ2n) is 4.44. The van der Waals surface area contributed by atoms with Crippen molar-refractivity contribution < 1.29 is 4.39 Å². The lowest BCUT2D eigenvalue weighted by Gasteiger charge is -1.96. The first-order chi connectivity index (χ1) is 10.2. The maximum atomic E-state index is 13.4. The Labute approximate surface area is 123 Å². The lowest BCUT2D eigenvalue weighted by atomic mass is 10.1. The summed E-state index contributed by atoms with van der Waals surface area (Å²) in [5.74, 6) is -0.555. The fraction of sp³-hybridized carbons (Fsp3) is 0.118. The largest absolute Gasteiger partial charge is 0.206 e. The highest BCUT2D eigenvalue weighted by Crippen LogP contribution is 2.08. The smallest absolute Gasteiger partial charge is 0.141 e. The van der Waals surface area contributed by atoms with E-state index in [9.17, 15) is 4.39 Å². The molecule has 3 nitrogen and oxygen atoms in total. The van der Waals surface area contributed by atoms with E-state index in [1.807, 2.05) is 24.3 Å². The van der Waals surface area contributed by atoms with Crippen LogP contribution in [0.4, 0.5) is 4.39 Å². The molecule has 0 saturated heterocycles. The van der Waals surface area contributed by atoms with E-state index in [0.717, 1.165) is 12.0 Å². The van der Waals surface area contributed by atoms with Gasteiger partial charge in [-0.05, 0) is 35.2 Å². The van der Waals surface area contributed by atoms with Gasteiger partial charge in [0.1, 0.15) is 11.9 Å². The van der Waals surface area contributed by atoms with E-state index in [2.05, 4.69) is 17.1 Å². The number of rotatable bonds is 4. The van der Waals surface area contributed by atoms with Gasteiger partial charge in [0, 0.05) is 0 Å². The average Bonchev–Trinajstić information content (AvgIpc) is 2.52. The normalized spacial score (nSPS) is 11.1. The van der Waals surface area contributed by atoms with Crippen molar-refractivity contribution in [1.82, 2.24) is 0 Å². The predicted molar refractivity (Wildman–Crippen MR) is 82.1 cm³/mol. The maximum absolute atomic E-state index is 13.4. The molecule has 0 aromatic heterocycles. The molecule has 0 unspecified atom stereocenters. The summed E-state index contributed by atoms with van der Waals surface area (Å²) in [6.45, 7) is 2.10. The lowest BCUT2D eigenvalue weighted by molar-refractivity contribution is 0.623. The second-order valence-corrected chi connectivity index (χ2v) is 4.44. The first-order valence-electron chi connectivity index (χ1n) is 6.58. The Bertz CT molecular complexity index is 710. The first kappa shape index (κ1) is 14.6. The van der Waals surface area contributed by atoms with Crippen molar-refractivity contribution in [1.29, 1.82) is 5.26 Å². The quantitative estimate of drug-likeness (QED) is 0.621. The number of nitrogens with zero attached hydrogens (tertiary/aromatic N) is 3. The minimum absolute atomic E-state index is 0.0201. The van der Waals surface area contributed by atoms with E-state index in [1.165, 1.54) is 23.9 Å². The molecule has 2 aromatic carbocycles. The molecule has 0 spiro atoms. The zero-order chi connectivity index (χ0) is 15.1. The molecule has 0 N–H and O–H groups in total. The summed E-state index contributed by atoms with van der Waals surface area (Å²) in [5.41, 5.74) is 2.80. The molecule has 0 radical (unpaired) electrons. The Morgan fingerprint density at radius 3 is 2.24 bits per heavy atom. The fourth-order valence-corrected chi connectivity index (χ4v) is 1.74. The van der Waals surface area contributed by atoms with Crippen LogP contribution in [0.2, 0.25) is 0 Å². The molecule has 0 aliphatic heterocycles.